The Kier molecular flexibility index (Phi) is 5.71. The molecular weight excluding hydrogens is 234 g/mol. The third-order valence-corrected chi connectivity index (χ3v) is 3.63. The standard InChI is InChI=1S/C15H23NO.C2H6/c1-10(2)14-15(11(3)4)17-13-9-7-6-8-12(13)16(14)5;1-2/h6-11,14-15H,1-5H3;1-2H3. The Bertz CT molecular complexity index is 387. The molecule has 1 aliphatic heterocycles. The van der Waals surface area contributed by atoms with Crippen LogP contribution >= 0.6 is 0 Å². The number of para-hydroxylation sites is 2. The summed E-state index contributed by atoms with van der Waals surface area (Å²) in [4.78, 5) is 2.38. The fraction of sp³-hybridized carbons (Fsp3) is 0.647. The summed E-state index contributed by atoms with van der Waals surface area (Å²) < 4.78 is 6.20. The highest BCUT2D eigenvalue weighted by atomic mass is 16.5. The minimum atomic E-state index is 0.273. The predicted octanol–water partition coefficient (Wildman–Crippen LogP) is 4.59. The maximum Gasteiger partial charge on any atom is 0.143 e. The van der Waals surface area contributed by atoms with Gasteiger partial charge in [0.05, 0.1) is 11.7 Å². The van der Waals surface area contributed by atoms with E-state index in [2.05, 4.69) is 57.8 Å². The van der Waals surface area contributed by atoms with E-state index in [9.17, 15) is 0 Å². The van der Waals surface area contributed by atoms with Gasteiger partial charge in [0.2, 0.25) is 0 Å². The zero-order valence-corrected chi connectivity index (χ0v) is 13.5. The lowest BCUT2D eigenvalue weighted by Crippen LogP contribution is -2.53. The highest BCUT2D eigenvalue weighted by molar-refractivity contribution is 5.60. The number of likely N-dealkylation sites (N-methyl/N-ethyl adjacent to an activating group) is 1. The zero-order chi connectivity index (χ0) is 14.6. The van der Waals surface area contributed by atoms with Crippen molar-refractivity contribution in [1.29, 1.82) is 0 Å². The van der Waals surface area contributed by atoms with Gasteiger partial charge in [0.25, 0.3) is 0 Å². The first kappa shape index (κ1) is 15.9. The molecule has 108 valence electrons. The average molecular weight is 263 g/mol. The van der Waals surface area contributed by atoms with Crippen LogP contribution in [-0.2, 0) is 0 Å². The monoisotopic (exact) mass is 263 g/mol. The van der Waals surface area contributed by atoms with E-state index in [-0.39, 0.29) is 6.10 Å². The molecule has 2 rings (SSSR count). The second-order valence-electron chi connectivity index (χ2n) is 5.64. The predicted molar refractivity (Wildman–Crippen MR) is 84.1 cm³/mol. The van der Waals surface area contributed by atoms with Gasteiger partial charge in [0.1, 0.15) is 11.9 Å². The lowest BCUT2D eigenvalue weighted by atomic mass is 9.88. The molecule has 0 aliphatic carbocycles. The van der Waals surface area contributed by atoms with Gasteiger partial charge in [-0.05, 0) is 24.0 Å². The van der Waals surface area contributed by atoms with Crippen molar-refractivity contribution in [2.45, 2.75) is 53.7 Å². The number of fused-ring (bicyclic) bond motifs is 1. The van der Waals surface area contributed by atoms with Crippen LogP contribution in [-0.4, -0.2) is 19.2 Å². The molecule has 2 atom stereocenters. The molecule has 0 bridgehead atoms. The van der Waals surface area contributed by atoms with Crippen molar-refractivity contribution in [3.63, 3.8) is 0 Å². The molecule has 0 amide bonds. The maximum absolute atomic E-state index is 6.20. The van der Waals surface area contributed by atoms with Gasteiger partial charge in [0, 0.05) is 7.05 Å². The Labute approximate surface area is 118 Å². The van der Waals surface area contributed by atoms with Crippen LogP contribution in [0.3, 0.4) is 0 Å². The van der Waals surface area contributed by atoms with Crippen molar-refractivity contribution in [3.05, 3.63) is 24.3 Å². The first-order valence-corrected chi connectivity index (χ1v) is 7.51. The van der Waals surface area contributed by atoms with Crippen molar-refractivity contribution in [2.75, 3.05) is 11.9 Å². The lowest BCUT2D eigenvalue weighted by molar-refractivity contribution is 0.0906. The fourth-order valence-corrected chi connectivity index (χ4v) is 2.80. The molecule has 1 heterocycles. The van der Waals surface area contributed by atoms with Gasteiger partial charge in [-0.25, -0.2) is 0 Å². The van der Waals surface area contributed by atoms with Crippen LogP contribution in [0.4, 0.5) is 5.69 Å². The van der Waals surface area contributed by atoms with Gasteiger partial charge in [-0.3, -0.25) is 0 Å². The Morgan fingerprint density at radius 2 is 1.58 bits per heavy atom. The van der Waals surface area contributed by atoms with Gasteiger partial charge in [-0.1, -0.05) is 53.7 Å². The molecule has 0 N–H and O–H groups in total. The van der Waals surface area contributed by atoms with E-state index in [1.54, 1.807) is 0 Å². The quantitative estimate of drug-likeness (QED) is 0.773. The molecule has 0 radical (unpaired) electrons. The van der Waals surface area contributed by atoms with Crippen LogP contribution in [0.25, 0.3) is 0 Å². The maximum atomic E-state index is 6.20. The molecule has 0 aromatic heterocycles. The van der Waals surface area contributed by atoms with Crippen molar-refractivity contribution in [2.24, 2.45) is 11.8 Å². The highest BCUT2D eigenvalue weighted by Gasteiger charge is 2.37. The molecule has 1 aromatic rings. The number of anilines is 1. The minimum Gasteiger partial charge on any atom is -0.486 e. The summed E-state index contributed by atoms with van der Waals surface area (Å²) >= 11 is 0. The van der Waals surface area contributed by atoms with Gasteiger partial charge in [-0.2, -0.15) is 0 Å². The molecule has 0 saturated carbocycles. The molecule has 19 heavy (non-hydrogen) atoms. The molecule has 2 unspecified atom stereocenters. The second kappa shape index (κ2) is 6.83. The summed E-state index contributed by atoms with van der Waals surface area (Å²) in [7, 11) is 2.18. The molecule has 0 fully saturated rings. The number of benzene rings is 1. The summed E-state index contributed by atoms with van der Waals surface area (Å²) in [5.74, 6) is 2.13. The lowest BCUT2D eigenvalue weighted by Gasteiger charge is -2.45. The number of nitrogens with zero attached hydrogens (tertiary/aromatic N) is 1. The van der Waals surface area contributed by atoms with Crippen molar-refractivity contribution in [3.8, 4) is 5.75 Å². The van der Waals surface area contributed by atoms with Crippen molar-refractivity contribution >= 4 is 5.69 Å². The molecule has 0 saturated heterocycles. The summed E-state index contributed by atoms with van der Waals surface area (Å²) in [5, 5.41) is 0. The minimum absolute atomic E-state index is 0.273. The Balaban J connectivity index is 0.000000861. The molecular formula is C17H29NO. The Morgan fingerprint density at radius 3 is 2.11 bits per heavy atom. The first-order valence-electron chi connectivity index (χ1n) is 7.51. The molecule has 0 spiro atoms. The summed E-state index contributed by atoms with van der Waals surface area (Å²) in [6.07, 6.45) is 0.273. The van der Waals surface area contributed by atoms with Crippen LogP contribution in [0.1, 0.15) is 41.5 Å². The second-order valence-corrected chi connectivity index (χ2v) is 5.64. The van der Waals surface area contributed by atoms with Crippen molar-refractivity contribution < 1.29 is 4.74 Å². The normalized spacial score (nSPS) is 21.6. The van der Waals surface area contributed by atoms with Crippen molar-refractivity contribution in [1.82, 2.24) is 0 Å². The number of ether oxygens (including phenoxy) is 1. The zero-order valence-electron chi connectivity index (χ0n) is 13.5. The third-order valence-electron chi connectivity index (χ3n) is 3.63. The first-order chi connectivity index (χ1) is 9.02. The van der Waals surface area contributed by atoms with Gasteiger partial charge >= 0.3 is 0 Å². The summed E-state index contributed by atoms with van der Waals surface area (Å²) in [6.45, 7) is 13.0. The van der Waals surface area contributed by atoms with Gasteiger partial charge in [0.15, 0.2) is 0 Å². The smallest absolute Gasteiger partial charge is 0.143 e. The van der Waals surface area contributed by atoms with Crippen LogP contribution in [0, 0.1) is 11.8 Å². The average Bonchev–Trinajstić information content (AvgIpc) is 2.40. The summed E-state index contributed by atoms with van der Waals surface area (Å²) in [5.41, 5.74) is 1.21. The molecule has 2 nitrogen and oxygen atoms in total. The number of hydrogen-bond acceptors (Lipinski definition) is 2. The van der Waals surface area contributed by atoms with E-state index in [1.165, 1.54) is 5.69 Å². The van der Waals surface area contributed by atoms with Crippen LogP contribution in [0.15, 0.2) is 24.3 Å². The van der Waals surface area contributed by atoms with Gasteiger partial charge < -0.3 is 9.64 Å². The largest absolute Gasteiger partial charge is 0.486 e. The van der Waals surface area contributed by atoms with E-state index in [4.69, 9.17) is 4.74 Å². The van der Waals surface area contributed by atoms with E-state index >= 15 is 0 Å². The highest BCUT2D eigenvalue weighted by Crippen LogP contribution is 2.38. The van der Waals surface area contributed by atoms with E-state index in [1.807, 2.05) is 19.9 Å². The van der Waals surface area contributed by atoms with Crippen LogP contribution < -0.4 is 9.64 Å². The molecule has 2 heteroatoms. The van der Waals surface area contributed by atoms with Crippen LogP contribution in [0.2, 0.25) is 0 Å². The molecule has 1 aliphatic rings. The molecule has 1 aromatic carbocycles. The van der Waals surface area contributed by atoms with E-state index in [0.717, 1.165) is 5.75 Å². The van der Waals surface area contributed by atoms with Gasteiger partial charge in [-0.15, -0.1) is 0 Å². The van der Waals surface area contributed by atoms with Crippen LogP contribution in [0.5, 0.6) is 5.75 Å². The third kappa shape index (κ3) is 3.23. The number of hydrogen-bond donors (Lipinski definition) is 0. The number of rotatable bonds is 2. The fourth-order valence-electron chi connectivity index (χ4n) is 2.80. The summed E-state index contributed by atoms with van der Waals surface area (Å²) in [6, 6.07) is 8.77. The Hall–Kier alpha value is -1.18. The van der Waals surface area contributed by atoms with E-state index < -0.39 is 0 Å². The van der Waals surface area contributed by atoms with E-state index in [0.29, 0.717) is 17.9 Å². The Morgan fingerprint density at radius 1 is 1.00 bits per heavy atom. The SMILES string of the molecule is CC.CC(C)C1Oc2ccccc2N(C)C1C(C)C. The topological polar surface area (TPSA) is 12.5 Å².